The summed E-state index contributed by atoms with van der Waals surface area (Å²) in [6.45, 7) is 1.94. The summed E-state index contributed by atoms with van der Waals surface area (Å²) in [5, 5.41) is 1.80. The van der Waals surface area contributed by atoms with E-state index in [0.29, 0.717) is 5.75 Å². The molecule has 5 nitrogen and oxygen atoms in total. The Bertz CT molecular complexity index is 995. The summed E-state index contributed by atoms with van der Waals surface area (Å²) in [5.74, 6) is 0.886. The fraction of sp³-hybridized carbons (Fsp3) is 0.400. The van der Waals surface area contributed by atoms with Crippen LogP contribution in [0.15, 0.2) is 45.8 Å². The molecule has 1 N–H and O–H groups in total. The minimum atomic E-state index is -3.73. The third-order valence-electron chi connectivity index (χ3n) is 5.58. The summed E-state index contributed by atoms with van der Waals surface area (Å²) in [4.78, 5) is 3.28. The second-order valence-electron chi connectivity index (χ2n) is 7.33. The van der Waals surface area contributed by atoms with Crippen LogP contribution in [0.25, 0.3) is 0 Å². The molecule has 1 fully saturated rings. The lowest BCUT2D eigenvalue weighted by Gasteiger charge is -2.37. The summed E-state index contributed by atoms with van der Waals surface area (Å²) in [7, 11) is -2.12. The maximum atomic E-state index is 13.2. The highest BCUT2D eigenvalue weighted by atomic mass is 79.9. The topological polar surface area (TPSA) is 58.6 Å². The van der Waals surface area contributed by atoms with Gasteiger partial charge in [-0.15, -0.1) is 4.83 Å². The number of halogens is 2. The molecule has 28 heavy (non-hydrogen) atoms. The van der Waals surface area contributed by atoms with Crippen LogP contribution in [0.1, 0.15) is 36.3 Å². The number of methoxy groups -OCH3 is 1. The number of fused-ring (bicyclic) bond motifs is 3. The van der Waals surface area contributed by atoms with E-state index in [-0.39, 0.29) is 21.7 Å². The Hall–Kier alpha value is -1.09. The van der Waals surface area contributed by atoms with Crippen molar-refractivity contribution >= 4 is 47.6 Å². The quantitative estimate of drug-likeness (QED) is 0.573. The van der Waals surface area contributed by atoms with Gasteiger partial charge >= 0.3 is 0 Å². The smallest absolute Gasteiger partial charge is 0.257 e. The van der Waals surface area contributed by atoms with Gasteiger partial charge in [0, 0.05) is 20.8 Å². The Morgan fingerprint density at radius 3 is 2.54 bits per heavy atom. The van der Waals surface area contributed by atoms with Crippen molar-refractivity contribution < 1.29 is 13.2 Å². The Balaban J connectivity index is 1.81. The fourth-order valence-electron chi connectivity index (χ4n) is 4.27. The standard InChI is InChI=1S/C20H22Br2N2O3S/c1-12-6-8-13(9-7-12)28(25,26)23-24-19-14(4-3-5-16(19)22)18-15(21)10-11-17(27-2)20(18)24/h6-11,14,16,19,23H,3-5H2,1-2H3. The highest BCUT2D eigenvalue weighted by molar-refractivity contribution is 9.10. The minimum Gasteiger partial charge on any atom is -0.495 e. The van der Waals surface area contributed by atoms with Crippen molar-refractivity contribution in [1.82, 2.24) is 4.83 Å². The third-order valence-corrected chi connectivity index (χ3v) is 8.61. The highest BCUT2D eigenvalue weighted by Gasteiger charge is 2.48. The van der Waals surface area contributed by atoms with Crippen LogP contribution in [0.2, 0.25) is 0 Å². The lowest BCUT2D eigenvalue weighted by molar-refractivity contribution is 0.389. The molecule has 0 radical (unpaired) electrons. The molecular weight excluding hydrogens is 508 g/mol. The molecule has 2 aromatic rings. The molecule has 150 valence electrons. The van der Waals surface area contributed by atoms with Gasteiger partial charge in [-0.25, -0.2) is 8.42 Å². The number of hydrogen-bond acceptors (Lipinski definition) is 4. The Morgan fingerprint density at radius 2 is 1.86 bits per heavy atom. The molecule has 0 saturated heterocycles. The second-order valence-corrected chi connectivity index (χ2v) is 11.0. The number of rotatable bonds is 4. The molecule has 0 bridgehead atoms. The van der Waals surface area contributed by atoms with Crippen molar-refractivity contribution in [3.8, 4) is 5.75 Å². The average Bonchev–Trinajstić information content (AvgIpc) is 2.99. The van der Waals surface area contributed by atoms with Gasteiger partial charge < -0.3 is 4.74 Å². The van der Waals surface area contributed by atoms with Crippen LogP contribution in [0.5, 0.6) is 5.75 Å². The Morgan fingerprint density at radius 1 is 1.14 bits per heavy atom. The summed E-state index contributed by atoms with van der Waals surface area (Å²) in [6.07, 6.45) is 3.10. The van der Waals surface area contributed by atoms with Gasteiger partial charge in [0.15, 0.2) is 0 Å². The molecule has 4 rings (SSSR count). The number of aryl methyl sites for hydroxylation is 1. The molecule has 3 atom stereocenters. The minimum absolute atomic E-state index is 0.0171. The molecule has 8 heteroatoms. The first-order valence-corrected chi connectivity index (χ1v) is 12.4. The lowest BCUT2D eigenvalue weighted by atomic mass is 9.82. The molecule has 0 spiro atoms. The highest BCUT2D eigenvalue weighted by Crippen LogP contribution is 2.54. The third kappa shape index (κ3) is 3.38. The van der Waals surface area contributed by atoms with Crippen molar-refractivity contribution in [3.63, 3.8) is 0 Å². The molecule has 1 aliphatic carbocycles. The van der Waals surface area contributed by atoms with Gasteiger partial charge in [0.2, 0.25) is 0 Å². The first-order valence-electron chi connectivity index (χ1n) is 9.22. The van der Waals surface area contributed by atoms with E-state index in [2.05, 4.69) is 36.7 Å². The molecule has 1 saturated carbocycles. The number of hydrazine groups is 1. The number of nitrogens with zero attached hydrogens (tertiary/aromatic N) is 1. The first-order chi connectivity index (χ1) is 13.3. The number of benzene rings is 2. The maximum absolute atomic E-state index is 13.2. The van der Waals surface area contributed by atoms with Crippen LogP contribution in [-0.4, -0.2) is 26.4 Å². The summed E-state index contributed by atoms with van der Waals surface area (Å²) in [5.41, 5.74) is 2.93. The van der Waals surface area contributed by atoms with E-state index in [9.17, 15) is 8.42 Å². The number of nitrogens with one attached hydrogen (secondary N) is 1. The van der Waals surface area contributed by atoms with Crippen molar-refractivity contribution in [2.75, 3.05) is 12.1 Å². The Labute approximate surface area is 182 Å². The number of sulfonamides is 1. The summed E-state index contributed by atoms with van der Waals surface area (Å²) in [6, 6.07) is 10.7. The van der Waals surface area contributed by atoms with E-state index in [1.54, 1.807) is 36.4 Å². The number of anilines is 1. The Kier molecular flexibility index (Phi) is 5.50. The van der Waals surface area contributed by atoms with Crippen LogP contribution < -0.4 is 14.6 Å². The maximum Gasteiger partial charge on any atom is 0.257 e. The number of hydrogen-bond donors (Lipinski definition) is 1. The van der Waals surface area contributed by atoms with Crippen LogP contribution in [-0.2, 0) is 10.0 Å². The van der Waals surface area contributed by atoms with Crippen molar-refractivity contribution in [3.05, 3.63) is 52.0 Å². The summed E-state index contributed by atoms with van der Waals surface area (Å²) >= 11 is 7.48. The molecule has 0 amide bonds. The average molecular weight is 530 g/mol. The predicted molar refractivity (Wildman–Crippen MR) is 118 cm³/mol. The van der Waals surface area contributed by atoms with Crippen LogP contribution in [0, 0.1) is 6.92 Å². The van der Waals surface area contributed by atoms with E-state index in [1.165, 1.54) is 0 Å². The van der Waals surface area contributed by atoms with Crippen molar-refractivity contribution in [2.45, 2.75) is 47.9 Å². The van der Waals surface area contributed by atoms with E-state index < -0.39 is 10.0 Å². The van der Waals surface area contributed by atoms with Crippen molar-refractivity contribution in [2.24, 2.45) is 0 Å². The molecule has 1 heterocycles. The molecule has 2 aliphatic rings. The fourth-order valence-corrected chi connectivity index (χ4v) is 6.88. The van der Waals surface area contributed by atoms with Crippen LogP contribution in [0.3, 0.4) is 0 Å². The zero-order chi connectivity index (χ0) is 20.1. The number of ether oxygens (including phenoxy) is 1. The van der Waals surface area contributed by atoms with Gasteiger partial charge in [-0.05, 0) is 44.0 Å². The summed E-state index contributed by atoms with van der Waals surface area (Å²) < 4.78 is 32.9. The van der Waals surface area contributed by atoms with Crippen LogP contribution >= 0.6 is 31.9 Å². The van der Waals surface area contributed by atoms with Gasteiger partial charge in [0.05, 0.1) is 18.0 Å². The molecule has 3 unspecified atom stereocenters. The zero-order valence-corrected chi connectivity index (χ0v) is 19.6. The largest absolute Gasteiger partial charge is 0.495 e. The molecule has 0 aromatic heterocycles. The van der Waals surface area contributed by atoms with E-state index in [0.717, 1.165) is 40.5 Å². The molecule has 2 aromatic carbocycles. The molecular formula is C20H22Br2N2O3S. The number of alkyl halides is 1. The van der Waals surface area contributed by atoms with Gasteiger partial charge in [-0.3, -0.25) is 5.01 Å². The van der Waals surface area contributed by atoms with Crippen LogP contribution in [0.4, 0.5) is 5.69 Å². The normalized spacial score (nSPS) is 24.0. The van der Waals surface area contributed by atoms with Gasteiger partial charge in [0.1, 0.15) is 11.4 Å². The SMILES string of the molecule is COc1ccc(Br)c2c1N(NS(=O)(=O)c1ccc(C)cc1)C1C(Br)CCCC21. The van der Waals surface area contributed by atoms with E-state index in [1.807, 2.05) is 19.1 Å². The first kappa shape index (κ1) is 20.2. The van der Waals surface area contributed by atoms with E-state index in [4.69, 9.17) is 4.74 Å². The van der Waals surface area contributed by atoms with E-state index >= 15 is 0 Å². The lowest BCUT2D eigenvalue weighted by Crippen LogP contribution is -2.52. The zero-order valence-electron chi connectivity index (χ0n) is 15.7. The van der Waals surface area contributed by atoms with Crippen molar-refractivity contribution in [1.29, 1.82) is 0 Å². The monoisotopic (exact) mass is 528 g/mol. The second kappa shape index (κ2) is 7.63. The van der Waals surface area contributed by atoms with Gasteiger partial charge in [-0.1, -0.05) is 56.0 Å². The van der Waals surface area contributed by atoms with Gasteiger partial charge in [0.25, 0.3) is 10.0 Å². The van der Waals surface area contributed by atoms with Gasteiger partial charge in [-0.2, -0.15) is 0 Å². The molecule has 1 aliphatic heterocycles. The predicted octanol–water partition coefficient (Wildman–Crippen LogP) is 4.88.